The van der Waals surface area contributed by atoms with E-state index in [-0.39, 0.29) is 11.2 Å². The van der Waals surface area contributed by atoms with Crippen LogP contribution in [0.3, 0.4) is 0 Å². The number of aromatic nitrogens is 1. The second-order valence-electron chi connectivity index (χ2n) is 4.24. The largest absolute Gasteiger partial charge is 0.349 e. The minimum atomic E-state index is -0.342. The van der Waals surface area contributed by atoms with Gasteiger partial charge in [0, 0.05) is 6.20 Å². The average Bonchev–Trinajstić information content (AvgIpc) is 2.47. The number of thiol groups is 1. The summed E-state index contributed by atoms with van der Waals surface area (Å²) in [4.78, 5) is 16.1. The summed E-state index contributed by atoms with van der Waals surface area (Å²) in [5.41, 5.74) is 1.95. The maximum absolute atomic E-state index is 11.9. The fourth-order valence-corrected chi connectivity index (χ4v) is 2.03. The molecule has 1 amide bonds. The van der Waals surface area contributed by atoms with Gasteiger partial charge in [-0.05, 0) is 24.1 Å². The lowest BCUT2D eigenvalue weighted by atomic mass is 10.1. The first-order valence-corrected chi connectivity index (χ1v) is 6.67. The lowest BCUT2D eigenvalue weighted by molar-refractivity contribution is -0.120. The number of carbonyl (C=O) groups is 1. The van der Waals surface area contributed by atoms with Crippen LogP contribution in [0, 0.1) is 0 Å². The van der Waals surface area contributed by atoms with Gasteiger partial charge in [0.15, 0.2) is 0 Å². The number of rotatable bonds is 5. The number of benzene rings is 1. The van der Waals surface area contributed by atoms with E-state index in [9.17, 15) is 4.79 Å². The fourth-order valence-electron chi connectivity index (χ4n) is 1.73. The highest BCUT2D eigenvalue weighted by Crippen LogP contribution is 2.08. The van der Waals surface area contributed by atoms with E-state index in [0.717, 1.165) is 11.3 Å². The molecule has 0 bridgehead atoms. The smallest absolute Gasteiger partial charge is 0.233 e. The van der Waals surface area contributed by atoms with Crippen molar-refractivity contribution in [2.24, 2.45) is 0 Å². The van der Waals surface area contributed by atoms with Crippen LogP contribution in [0.2, 0.25) is 0 Å². The van der Waals surface area contributed by atoms with E-state index in [1.807, 2.05) is 48.5 Å². The van der Waals surface area contributed by atoms with Gasteiger partial charge in [0.1, 0.15) is 0 Å². The number of hydrogen-bond donors (Lipinski definition) is 2. The first kappa shape index (κ1) is 13.6. The quantitative estimate of drug-likeness (QED) is 0.820. The average molecular weight is 272 g/mol. The minimum absolute atomic E-state index is 0.0714. The number of nitrogens with one attached hydrogen (secondary N) is 1. The molecular formula is C15H16N2OS. The molecule has 0 spiro atoms. The Morgan fingerprint density at radius 1 is 1.16 bits per heavy atom. The van der Waals surface area contributed by atoms with Crippen LogP contribution in [-0.4, -0.2) is 16.1 Å². The van der Waals surface area contributed by atoms with E-state index in [1.165, 1.54) is 0 Å². The van der Waals surface area contributed by atoms with Gasteiger partial charge in [-0.3, -0.25) is 9.78 Å². The summed E-state index contributed by atoms with van der Waals surface area (Å²) in [5, 5.41) is 2.50. The molecule has 0 radical (unpaired) electrons. The second-order valence-corrected chi connectivity index (χ2v) is 4.87. The van der Waals surface area contributed by atoms with Crippen LogP contribution in [0.1, 0.15) is 11.3 Å². The maximum atomic E-state index is 11.9. The molecule has 4 heteroatoms. The van der Waals surface area contributed by atoms with Crippen molar-refractivity contribution in [3.63, 3.8) is 0 Å². The first-order valence-electron chi connectivity index (χ1n) is 6.15. The summed E-state index contributed by atoms with van der Waals surface area (Å²) in [6.07, 6.45) is 2.33. The van der Waals surface area contributed by atoms with Crippen molar-refractivity contribution >= 4 is 18.5 Å². The Bertz CT molecular complexity index is 516. The van der Waals surface area contributed by atoms with E-state index < -0.39 is 0 Å². The standard InChI is InChI=1S/C15H16N2OS/c18-15(17-11-13-8-4-5-9-16-13)14(19)10-12-6-2-1-3-7-12/h1-9,14,19H,10-11H2,(H,17,18). The van der Waals surface area contributed by atoms with Crippen LogP contribution in [0.4, 0.5) is 0 Å². The summed E-state index contributed by atoms with van der Waals surface area (Å²) in [7, 11) is 0. The van der Waals surface area contributed by atoms with Gasteiger partial charge < -0.3 is 5.32 Å². The van der Waals surface area contributed by atoms with Crippen LogP contribution in [-0.2, 0) is 17.8 Å². The maximum Gasteiger partial charge on any atom is 0.233 e. The van der Waals surface area contributed by atoms with Crippen molar-refractivity contribution in [3.8, 4) is 0 Å². The number of amides is 1. The highest BCUT2D eigenvalue weighted by Gasteiger charge is 2.13. The van der Waals surface area contributed by atoms with Crippen LogP contribution in [0.5, 0.6) is 0 Å². The summed E-state index contributed by atoms with van der Waals surface area (Å²) < 4.78 is 0. The van der Waals surface area contributed by atoms with Gasteiger partial charge >= 0.3 is 0 Å². The Morgan fingerprint density at radius 3 is 2.58 bits per heavy atom. The molecule has 0 saturated heterocycles. The highest BCUT2D eigenvalue weighted by molar-refractivity contribution is 7.81. The molecule has 0 saturated carbocycles. The monoisotopic (exact) mass is 272 g/mol. The number of pyridine rings is 1. The van der Waals surface area contributed by atoms with E-state index in [0.29, 0.717) is 13.0 Å². The molecular weight excluding hydrogens is 256 g/mol. The SMILES string of the molecule is O=C(NCc1ccccn1)C(S)Cc1ccccc1. The summed E-state index contributed by atoms with van der Waals surface area (Å²) in [6.45, 7) is 0.436. The lowest BCUT2D eigenvalue weighted by Gasteiger charge is -2.11. The van der Waals surface area contributed by atoms with Crippen LogP contribution < -0.4 is 5.32 Å². The Balaban J connectivity index is 1.83. The molecule has 1 N–H and O–H groups in total. The Kier molecular flexibility index (Phi) is 4.98. The summed E-state index contributed by atoms with van der Waals surface area (Å²) in [6, 6.07) is 15.5. The molecule has 0 aliphatic rings. The molecule has 98 valence electrons. The molecule has 3 nitrogen and oxygen atoms in total. The van der Waals surface area contributed by atoms with Crippen LogP contribution in [0.15, 0.2) is 54.7 Å². The molecule has 0 aliphatic carbocycles. The van der Waals surface area contributed by atoms with Crippen molar-refractivity contribution < 1.29 is 4.79 Å². The van der Waals surface area contributed by atoms with E-state index >= 15 is 0 Å². The molecule has 1 heterocycles. The third-order valence-electron chi connectivity index (χ3n) is 2.74. The normalized spacial score (nSPS) is 11.8. The van der Waals surface area contributed by atoms with Gasteiger partial charge in [-0.25, -0.2) is 0 Å². The topological polar surface area (TPSA) is 42.0 Å². The molecule has 1 unspecified atom stereocenters. The van der Waals surface area contributed by atoms with Gasteiger partial charge in [-0.15, -0.1) is 0 Å². The van der Waals surface area contributed by atoms with Gasteiger partial charge in [-0.2, -0.15) is 12.6 Å². The second kappa shape index (κ2) is 6.95. The highest BCUT2D eigenvalue weighted by atomic mass is 32.1. The molecule has 2 aromatic rings. The lowest BCUT2D eigenvalue weighted by Crippen LogP contribution is -2.32. The van der Waals surface area contributed by atoms with Crippen LogP contribution >= 0.6 is 12.6 Å². The van der Waals surface area contributed by atoms with E-state index in [2.05, 4.69) is 22.9 Å². The first-order chi connectivity index (χ1) is 9.25. The zero-order chi connectivity index (χ0) is 13.5. The minimum Gasteiger partial charge on any atom is -0.349 e. The number of nitrogens with zero attached hydrogens (tertiary/aromatic N) is 1. The third kappa shape index (κ3) is 4.41. The van der Waals surface area contributed by atoms with Crippen molar-refractivity contribution in [1.29, 1.82) is 0 Å². The van der Waals surface area contributed by atoms with E-state index in [1.54, 1.807) is 6.20 Å². The summed E-state index contributed by atoms with van der Waals surface area (Å²) >= 11 is 4.35. The van der Waals surface area contributed by atoms with Crippen molar-refractivity contribution in [1.82, 2.24) is 10.3 Å². The Labute approximate surface area is 118 Å². The zero-order valence-corrected chi connectivity index (χ0v) is 11.4. The predicted molar refractivity (Wildman–Crippen MR) is 79.0 cm³/mol. The Morgan fingerprint density at radius 2 is 1.89 bits per heavy atom. The molecule has 1 aromatic carbocycles. The predicted octanol–water partition coefficient (Wildman–Crippen LogP) is 2.24. The van der Waals surface area contributed by atoms with Gasteiger partial charge in [0.05, 0.1) is 17.5 Å². The van der Waals surface area contributed by atoms with E-state index in [4.69, 9.17) is 0 Å². The molecule has 0 fully saturated rings. The van der Waals surface area contributed by atoms with Crippen molar-refractivity contribution in [2.75, 3.05) is 0 Å². The van der Waals surface area contributed by atoms with Gasteiger partial charge in [0.25, 0.3) is 0 Å². The zero-order valence-electron chi connectivity index (χ0n) is 10.5. The third-order valence-corrected chi connectivity index (χ3v) is 3.16. The molecule has 1 atom stereocenters. The van der Waals surface area contributed by atoms with Crippen LogP contribution in [0.25, 0.3) is 0 Å². The van der Waals surface area contributed by atoms with Crippen molar-refractivity contribution in [2.45, 2.75) is 18.2 Å². The molecule has 0 aliphatic heterocycles. The van der Waals surface area contributed by atoms with Gasteiger partial charge in [0.2, 0.25) is 5.91 Å². The number of hydrogen-bond acceptors (Lipinski definition) is 3. The summed E-state index contributed by atoms with van der Waals surface area (Å²) in [5.74, 6) is -0.0714. The Hall–Kier alpha value is -1.81. The molecule has 1 aromatic heterocycles. The fraction of sp³-hybridized carbons (Fsp3) is 0.200. The number of carbonyl (C=O) groups excluding carboxylic acids is 1. The van der Waals surface area contributed by atoms with Crippen molar-refractivity contribution in [3.05, 3.63) is 66.0 Å². The molecule has 19 heavy (non-hydrogen) atoms. The molecule has 2 rings (SSSR count). The van der Waals surface area contributed by atoms with Gasteiger partial charge in [-0.1, -0.05) is 36.4 Å².